The van der Waals surface area contributed by atoms with Crippen LogP contribution in [0.1, 0.15) is 35.6 Å². The Morgan fingerprint density at radius 1 is 1.39 bits per heavy atom. The zero-order valence-electron chi connectivity index (χ0n) is 14.0. The third-order valence-corrected chi connectivity index (χ3v) is 4.37. The van der Waals surface area contributed by atoms with Gasteiger partial charge in [-0.25, -0.2) is 4.68 Å². The summed E-state index contributed by atoms with van der Waals surface area (Å²) in [5.41, 5.74) is 2.35. The molecule has 5 heteroatoms. The van der Waals surface area contributed by atoms with Gasteiger partial charge in [-0.1, -0.05) is 6.58 Å². The lowest BCUT2D eigenvalue weighted by molar-refractivity contribution is 0.0653. The van der Waals surface area contributed by atoms with Crippen molar-refractivity contribution in [2.75, 3.05) is 13.2 Å². The van der Waals surface area contributed by atoms with Crippen LogP contribution >= 0.6 is 0 Å². The minimum Gasteiger partial charge on any atom is -0.465 e. The molecule has 5 nitrogen and oxygen atoms in total. The lowest BCUT2D eigenvalue weighted by Crippen LogP contribution is -2.31. The average Bonchev–Trinajstić information content (AvgIpc) is 3.24. The summed E-state index contributed by atoms with van der Waals surface area (Å²) in [6.07, 6.45) is 6.27. The number of hydrogen-bond donors (Lipinski definition) is 0. The molecule has 1 unspecified atom stereocenters. The number of rotatable bonds is 7. The van der Waals surface area contributed by atoms with E-state index in [0.717, 1.165) is 56.3 Å². The van der Waals surface area contributed by atoms with E-state index in [2.05, 4.69) is 29.6 Å². The monoisotopic (exact) mass is 315 g/mol. The number of furan rings is 1. The molecule has 1 aliphatic rings. The molecule has 0 aliphatic carbocycles. The van der Waals surface area contributed by atoms with E-state index in [-0.39, 0.29) is 0 Å². The average molecular weight is 315 g/mol. The first kappa shape index (κ1) is 16.0. The van der Waals surface area contributed by atoms with Crippen molar-refractivity contribution in [1.29, 1.82) is 0 Å². The van der Waals surface area contributed by atoms with Gasteiger partial charge in [-0.15, -0.1) is 0 Å². The lowest BCUT2D eigenvalue weighted by atomic mass is 10.2. The van der Waals surface area contributed by atoms with Gasteiger partial charge in [0.2, 0.25) is 0 Å². The highest BCUT2D eigenvalue weighted by Gasteiger charge is 2.21. The molecule has 0 saturated carbocycles. The maximum Gasteiger partial charge on any atom is 0.118 e. The van der Waals surface area contributed by atoms with E-state index in [1.165, 1.54) is 5.56 Å². The van der Waals surface area contributed by atoms with E-state index in [9.17, 15) is 0 Å². The Morgan fingerprint density at radius 3 is 2.87 bits per heavy atom. The van der Waals surface area contributed by atoms with Crippen molar-refractivity contribution in [3.63, 3.8) is 0 Å². The van der Waals surface area contributed by atoms with Gasteiger partial charge < -0.3 is 9.15 Å². The zero-order valence-corrected chi connectivity index (χ0v) is 14.0. The number of nitrogens with zero attached hydrogens (tertiary/aromatic N) is 3. The van der Waals surface area contributed by atoms with Gasteiger partial charge in [-0.2, -0.15) is 5.10 Å². The Kier molecular flexibility index (Phi) is 4.98. The number of aromatic nitrogens is 2. The minimum atomic E-state index is 0.320. The summed E-state index contributed by atoms with van der Waals surface area (Å²) in [5, 5.41) is 4.35. The Hall–Kier alpha value is -1.85. The largest absolute Gasteiger partial charge is 0.465 e. The fourth-order valence-corrected chi connectivity index (χ4v) is 3.09. The van der Waals surface area contributed by atoms with Crippen LogP contribution in [0.2, 0.25) is 0 Å². The Bertz CT molecular complexity index is 653. The first-order valence-electron chi connectivity index (χ1n) is 8.20. The quantitative estimate of drug-likeness (QED) is 0.785. The van der Waals surface area contributed by atoms with Crippen LogP contribution in [0.5, 0.6) is 0 Å². The van der Waals surface area contributed by atoms with Crippen LogP contribution in [-0.2, 0) is 17.8 Å². The molecule has 0 spiro atoms. The van der Waals surface area contributed by atoms with Crippen molar-refractivity contribution in [3.8, 4) is 0 Å². The van der Waals surface area contributed by atoms with E-state index >= 15 is 0 Å². The maximum atomic E-state index is 5.81. The molecule has 124 valence electrons. The van der Waals surface area contributed by atoms with E-state index in [0.29, 0.717) is 6.10 Å². The molecule has 3 rings (SSSR count). The molecular formula is C18H25N3O2. The number of hydrogen-bond acceptors (Lipinski definition) is 4. The first-order chi connectivity index (χ1) is 11.2. The summed E-state index contributed by atoms with van der Waals surface area (Å²) in [5.74, 6) is 1.95. The normalized spacial score (nSPS) is 18.0. The third kappa shape index (κ3) is 3.92. The molecule has 0 bridgehead atoms. The second kappa shape index (κ2) is 7.15. The second-order valence-electron chi connectivity index (χ2n) is 6.20. The van der Waals surface area contributed by atoms with E-state index in [1.807, 2.05) is 23.9 Å². The maximum absolute atomic E-state index is 5.81. The van der Waals surface area contributed by atoms with Crippen molar-refractivity contribution in [1.82, 2.24) is 14.7 Å². The van der Waals surface area contributed by atoms with Gasteiger partial charge in [-0.3, -0.25) is 4.90 Å². The van der Waals surface area contributed by atoms with Crippen molar-refractivity contribution in [2.24, 2.45) is 0 Å². The van der Waals surface area contributed by atoms with Crippen molar-refractivity contribution < 1.29 is 9.15 Å². The molecular weight excluding hydrogens is 290 g/mol. The van der Waals surface area contributed by atoms with Crippen LogP contribution in [0.3, 0.4) is 0 Å². The fourth-order valence-electron chi connectivity index (χ4n) is 3.09. The van der Waals surface area contributed by atoms with Gasteiger partial charge in [0.15, 0.2) is 0 Å². The molecule has 2 aromatic heterocycles. The van der Waals surface area contributed by atoms with Crippen LogP contribution < -0.4 is 0 Å². The van der Waals surface area contributed by atoms with E-state index in [4.69, 9.17) is 9.15 Å². The standard InChI is InChI=1S/C18H25N3O2/c1-4-21-15(3)16(10-19-21)11-20(12-17-6-5-9-22-17)13-18-8-7-14(2)23-18/h4,7-8,10,17H,1,5-6,9,11-13H2,2-3H3. The summed E-state index contributed by atoms with van der Waals surface area (Å²) in [6, 6.07) is 4.07. The summed E-state index contributed by atoms with van der Waals surface area (Å²) in [4.78, 5) is 2.38. The molecule has 0 amide bonds. The molecule has 1 fully saturated rings. The predicted molar refractivity (Wildman–Crippen MR) is 89.9 cm³/mol. The fraction of sp³-hybridized carbons (Fsp3) is 0.500. The highest BCUT2D eigenvalue weighted by atomic mass is 16.5. The van der Waals surface area contributed by atoms with Crippen LogP contribution in [0.15, 0.2) is 29.3 Å². The van der Waals surface area contributed by atoms with Crippen LogP contribution in [-0.4, -0.2) is 33.9 Å². The minimum absolute atomic E-state index is 0.320. The number of ether oxygens (including phenoxy) is 1. The van der Waals surface area contributed by atoms with Crippen LogP contribution in [0.25, 0.3) is 6.20 Å². The molecule has 1 aliphatic heterocycles. The lowest BCUT2D eigenvalue weighted by Gasteiger charge is -2.24. The Labute approximate surface area is 137 Å². The smallest absolute Gasteiger partial charge is 0.118 e. The topological polar surface area (TPSA) is 43.4 Å². The van der Waals surface area contributed by atoms with Gasteiger partial charge in [-0.05, 0) is 38.8 Å². The summed E-state index contributed by atoms with van der Waals surface area (Å²) in [6.45, 7) is 11.3. The molecule has 2 aromatic rings. The molecule has 0 radical (unpaired) electrons. The van der Waals surface area contributed by atoms with Crippen LogP contribution in [0.4, 0.5) is 0 Å². The van der Waals surface area contributed by atoms with E-state index in [1.54, 1.807) is 6.20 Å². The van der Waals surface area contributed by atoms with Crippen LogP contribution in [0, 0.1) is 13.8 Å². The number of aryl methyl sites for hydroxylation is 1. The molecule has 1 atom stereocenters. The molecule has 1 saturated heterocycles. The Balaban J connectivity index is 1.72. The SMILES string of the molecule is C=Cn1ncc(CN(Cc2ccc(C)o2)CC2CCCO2)c1C. The van der Waals surface area contributed by atoms with Gasteiger partial charge in [0, 0.05) is 37.2 Å². The van der Waals surface area contributed by atoms with Gasteiger partial charge in [0.1, 0.15) is 11.5 Å². The molecule has 23 heavy (non-hydrogen) atoms. The van der Waals surface area contributed by atoms with Gasteiger partial charge in [0.05, 0.1) is 18.8 Å². The van der Waals surface area contributed by atoms with Crippen molar-refractivity contribution >= 4 is 6.20 Å². The summed E-state index contributed by atoms with van der Waals surface area (Å²) < 4.78 is 13.4. The van der Waals surface area contributed by atoms with E-state index < -0.39 is 0 Å². The summed E-state index contributed by atoms with van der Waals surface area (Å²) in [7, 11) is 0. The summed E-state index contributed by atoms with van der Waals surface area (Å²) >= 11 is 0. The Morgan fingerprint density at radius 2 is 2.26 bits per heavy atom. The molecule has 0 N–H and O–H groups in total. The highest BCUT2D eigenvalue weighted by molar-refractivity contribution is 5.26. The third-order valence-electron chi connectivity index (χ3n) is 4.37. The van der Waals surface area contributed by atoms with Crippen molar-refractivity contribution in [3.05, 3.63) is 47.7 Å². The van der Waals surface area contributed by atoms with Gasteiger partial charge in [0.25, 0.3) is 0 Å². The first-order valence-corrected chi connectivity index (χ1v) is 8.20. The predicted octanol–water partition coefficient (Wildman–Crippen LogP) is 3.37. The molecule has 0 aromatic carbocycles. The van der Waals surface area contributed by atoms with Gasteiger partial charge >= 0.3 is 0 Å². The molecule has 3 heterocycles. The van der Waals surface area contributed by atoms with Crippen molar-refractivity contribution in [2.45, 2.75) is 45.9 Å². The second-order valence-corrected chi connectivity index (χ2v) is 6.20. The zero-order chi connectivity index (χ0) is 16.2. The highest BCUT2D eigenvalue weighted by Crippen LogP contribution is 2.19.